The highest BCUT2D eigenvalue weighted by Crippen LogP contribution is 2.10. The Morgan fingerprint density at radius 2 is 1.93 bits per heavy atom. The highest BCUT2D eigenvalue weighted by Gasteiger charge is 2.11. The van der Waals surface area contributed by atoms with E-state index in [0.29, 0.717) is 18.9 Å². The zero-order chi connectivity index (χ0) is 11.0. The average Bonchev–Trinajstić information content (AvgIpc) is 2.14. The summed E-state index contributed by atoms with van der Waals surface area (Å²) in [7, 11) is 0. The minimum absolute atomic E-state index is 0.0104. The number of hydrogen-bond acceptors (Lipinski definition) is 3. The molecular formula is C11H20O3. The van der Waals surface area contributed by atoms with E-state index in [1.54, 1.807) is 6.92 Å². The van der Waals surface area contributed by atoms with Gasteiger partial charge in [-0.05, 0) is 19.3 Å². The average molecular weight is 200 g/mol. The van der Waals surface area contributed by atoms with Crippen molar-refractivity contribution in [1.82, 2.24) is 0 Å². The van der Waals surface area contributed by atoms with Crippen LogP contribution in [0.5, 0.6) is 0 Å². The van der Waals surface area contributed by atoms with Crippen LogP contribution >= 0.6 is 0 Å². The molecule has 3 heteroatoms. The zero-order valence-corrected chi connectivity index (χ0v) is 9.34. The molecule has 0 bridgehead atoms. The minimum atomic E-state index is -0.401. The number of rotatable bonds is 7. The van der Waals surface area contributed by atoms with Gasteiger partial charge in [-0.15, -0.1) is 0 Å². The van der Waals surface area contributed by atoms with Gasteiger partial charge in [0.05, 0.1) is 6.61 Å². The van der Waals surface area contributed by atoms with Gasteiger partial charge in [-0.3, -0.25) is 9.59 Å². The fraction of sp³-hybridized carbons (Fsp3) is 0.818. The Morgan fingerprint density at radius 3 is 2.43 bits per heavy atom. The van der Waals surface area contributed by atoms with Gasteiger partial charge in [-0.1, -0.05) is 20.3 Å². The molecule has 0 aromatic carbocycles. The number of ketones is 1. The van der Waals surface area contributed by atoms with Gasteiger partial charge < -0.3 is 4.74 Å². The van der Waals surface area contributed by atoms with Gasteiger partial charge in [0.2, 0.25) is 0 Å². The molecule has 1 atom stereocenters. The predicted octanol–water partition coefficient (Wildman–Crippen LogP) is 2.33. The maximum Gasteiger partial charge on any atom is 0.313 e. The van der Waals surface area contributed by atoms with Gasteiger partial charge in [0.15, 0.2) is 0 Å². The highest BCUT2D eigenvalue weighted by atomic mass is 16.5. The lowest BCUT2D eigenvalue weighted by molar-refractivity contribution is -0.145. The Morgan fingerprint density at radius 1 is 1.29 bits per heavy atom. The molecule has 0 fully saturated rings. The second-order valence-corrected chi connectivity index (χ2v) is 3.57. The Balaban J connectivity index is 3.60. The van der Waals surface area contributed by atoms with Crippen LogP contribution in [0.2, 0.25) is 0 Å². The third kappa shape index (κ3) is 6.63. The molecule has 0 saturated carbocycles. The fourth-order valence-electron chi connectivity index (χ4n) is 1.07. The van der Waals surface area contributed by atoms with Crippen LogP contribution in [0.4, 0.5) is 0 Å². The summed E-state index contributed by atoms with van der Waals surface area (Å²) in [6, 6.07) is 0. The Labute approximate surface area is 85.8 Å². The molecule has 0 saturated heterocycles. The molecule has 0 aliphatic rings. The van der Waals surface area contributed by atoms with Crippen LogP contribution in [0.3, 0.4) is 0 Å². The maximum atomic E-state index is 11.2. The van der Waals surface area contributed by atoms with E-state index in [1.165, 1.54) is 0 Å². The van der Waals surface area contributed by atoms with E-state index >= 15 is 0 Å². The first-order chi connectivity index (χ1) is 6.60. The monoisotopic (exact) mass is 200 g/mol. The molecule has 0 unspecified atom stereocenters. The smallest absolute Gasteiger partial charge is 0.313 e. The second-order valence-electron chi connectivity index (χ2n) is 3.57. The number of carbonyl (C=O) groups is 2. The van der Waals surface area contributed by atoms with E-state index in [-0.39, 0.29) is 12.2 Å². The van der Waals surface area contributed by atoms with E-state index < -0.39 is 5.97 Å². The number of esters is 1. The summed E-state index contributed by atoms with van der Waals surface area (Å²) in [5, 5.41) is 0. The molecule has 0 N–H and O–H groups in total. The van der Waals surface area contributed by atoms with E-state index in [9.17, 15) is 9.59 Å². The Bertz CT molecular complexity index is 187. The van der Waals surface area contributed by atoms with Crippen LogP contribution in [-0.2, 0) is 14.3 Å². The van der Waals surface area contributed by atoms with Crippen LogP contribution in [-0.4, -0.2) is 18.4 Å². The second kappa shape index (κ2) is 7.54. The fourth-order valence-corrected chi connectivity index (χ4v) is 1.07. The molecule has 82 valence electrons. The lowest BCUT2D eigenvalue weighted by Gasteiger charge is -2.06. The molecule has 0 heterocycles. The number of ether oxygens (including phenoxy) is 1. The van der Waals surface area contributed by atoms with Gasteiger partial charge in [-0.2, -0.15) is 0 Å². The van der Waals surface area contributed by atoms with E-state index in [4.69, 9.17) is 0 Å². The standard InChI is InChI=1S/C11H20O3/c1-4-9(3)6-7-10(12)8-11(13)14-5-2/h9H,4-8H2,1-3H3/t9-/m0/s1. The molecule has 0 radical (unpaired) electrons. The summed E-state index contributed by atoms with van der Waals surface area (Å²) in [6.07, 6.45) is 2.37. The van der Waals surface area contributed by atoms with Crippen molar-refractivity contribution in [2.75, 3.05) is 6.61 Å². The molecule has 0 spiro atoms. The maximum absolute atomic E-state index is 11.2. The molecule has 14 heavy (non-hydrogen) atoms. The highest BCUT2D eigenvalue weighted by molar-refractivity contribution is 5.95. The van der Waals surface area contributed by atoms with E-state index in [0.717, 1.165) is 12.8 Å². The molecule has 0 aromatic heterocycles. The van der Waals surface area contributed by atoms with Gasteiger partial charge in [0.1, 0.15) is 12.2 Å². The summed E-state index contributed by atoms with van der Waals surface area (Å²) >= 11 is 0. The van der Waals surface area contributed by atoms with Crippen molar-refractivity contribution < 1.29 is 14.3 Å². The first kappa shape index (κ1) is 13.1. The Hall–Kier alpha value is -0.860. The molecule has 0 aromatic rings. The van der Waals surface area contributed by atoms with Crippen LogP contribution < -0.4 is 0 Å². The van der Waals surface area contributed by atoms with Crippen molar-refractivity contribution in [2.24, 2.45) is 5.92 Å². The summed E-state index contributed by atoms with van der Waals surface area (Å²) in [5.41, 5.74) is 0. The molecule has 0 aliphatic carbocycles. The van der Waals surface area contributed by atoms with Crippen LogP contribution in [0.15, 0.2) is 0 Å². The SMILES string of the molecule is CCOC(=O)CC(=O)CC[C@@H](C)CC. The first-order valence-electron chi connectivity index (χ1n) is 5.27. The van der Waals surface area contributed by atoms with Crippen LogP contribution in [0.1, 0.15) is 46.5 Å². The van der Waals surface area contributed by atoms with Gasteiger partial charge in [-0.25, -0.2) is 0 Å². The summed E-state index contributed by atoms with van der Waals surface area (Å²) in [6.45, 7) is 6.29. The molecule has 0 rings (SSSR count). The third-order valence-corrected chi connectivity index (χ3v) is 2.26. The normalized spacial score (nSPS) is 12.2. The summed E-state index contributed by atoms with van der Waals surface area (Å²) in [4.78, 5) is 22.2. The van der Waals surface area contributed by atoms with Crippen LogP contribution in [0, 0.1) is 5.92 Å². The lowest BCUT2D eigenvalue weighted by Crippen LogP contribution is -2.11. The van der Waals surface area contributed by atoms with Crippen molar-refractivity contribution in [2.45, 2.75) is 46.5 Å². The zero-order valence-electron chi connectivity index (χ0n) is 9.34. The number of Topliss-reactive ketones (excluding diaryl/α,β-unsaturated/α-hetero) is 1. The van der Waals surface area contributed by atoms with Gasteiger partial charge in [0.25, 0.3) is 0 Å². The van der Waals surface area contributed by atoms with Crippen molar-refractivity contribution in [1.29, 1.82) is 0 Å². The Kier molecular flexibility index (Phi) is 7.07. The molecular weight excluding hydrogens is 180 g/mol. The van der Waals surface area contributed by atoms with E-state index in [2.05, 4.69) is 18.6 Å². The summed E-state index contributed by atoms with van der Waals surface area (Å²) < 4.78 is 4.69. The van der Waals surface area contributed by atoms with Crippen molar-refractivity contribution in [3.05, 3.63) is 0 Å². The minimum Gasteiger partial charge on any atom is -0.466 e. The van der Waals surface area contributed by atoms with E-state index in [1.807, 2.05) is 0 Å². The van der Waals surface area contributed by atoms with Crippen molar-refractivity contribution in [3.63, 3.8) is 0 Å². The quantitative estimate of drug-likeness (QED) is 0.468. The summed E-state index contributed by atoms with van der Waals surface area (Å²) in [5.74, 6) is 0.145. The topological polar surface area (TPSA) is 43.4 Å². The lowest BCUT2D eigenvalue weighted by atomic mass is 10.0. The predicted molar refractivity (Wildman–Crippen MR) is 54.9 cm³/mol. The molecule has 0 aliphatic heterocycles. The van der Waals surface area contributed by atoms with Gasteiger partial charge in [0, 0.05) is 6.42 Å². The molecule has 0 amide bonds. The van der Waals surface area contributed by atoms with Crippen LogP contribution in [0.25, 0.3) is 0 Å². The van der Waals surface area contributed by atoms with Crippen molar-refractivity contribution in [3.8, 4) is 0 Å². The van der Waals surface area contributed by atoms with Gasteiger partial charge >= 0.3 is 5.97 Å². The number of hydrogen-bond donors (Lipinski definition) is 0. The first-order valence-corrected chi connectivity index (χ1v) is 5.27. The third-order valence-electron chi connectivity index (χ3n) is 2.26. The number of carbonyl (C=O) groups excluding carboxylic acids is 2. The van der Waals surface area contributed by atoms with Crippen molar-refractivity contribution >= 4 is 11.8 Å². The largest absolute Gasteiger partial charge is 0.466 e. The molecule has 3 nitrogen and oxygen atoms in total.